The van der Waals surface area contributed by atoms with Crippen LogP contribution in [0.3, 0.4) is 0 Å². The zero-order valence-corrected chi connectivity index (χ0v) is 18.3. The number of nitrogens with one attached hydrogen (secondary N) is 1. The fourth-order valence-electron chi connectivity index (χ4n) is 2.67. The second-order valence-electron chi connectivity index (χ2n) is 5.92. The van der Waals surface area contributed by atoms with E-state index in [1.54, 1.807) is 24.3 Å². The van der Waals surface area contributed by atoms with Gasteiger partial charge in [0.2, 0.25) is 0 Å². The van der Waals surface area contributed by atoms with Crippen LogP contribution in [0.1, 0.15) is 21.7 Å². The summed E-state index contributed by atoms with van der Waals surface area (Å²) in [5.41, 5.74) is 4.67. The summed E-state index contributed by atoms with van der Waals surface area (Å²) in [6.07, 6.45) is 3.81. The van der Waals surface area contributed by atoms with E-state index in [0.717, 1.165) is 21.0 Å². The third-order valence-corrected chi connectivity index (χ3v) is 4.95. The number of hydrazone groups is 1. The number of benzene rings is 2. The van der Waals surface area contributed by atoms with Gasteiger partial charge in [-0.15, -0.1) is 6.58 Å². The lowest BCUT2D eigenvalue weighted by Crippen LogP contribution is -2.16. The molecule has 0 unspecified atom stereocenters. The molecule has 0 aliphatic carbocycles. The first-order valence-electron chi connectivity index (χ1n) is 8.47. The predicted molar refractivity (Wildman–Crippen MR) is 118 cm³/mol. The number of amides is 1. The van der Waals surface area contributed by atoms with E-state index in [2.05, 4.69) is 49.0 Å². The maximum Gasteiger partial charge on any atom is 0.307 e. The number of nitriles is 1. The van der Waals surface area contributed by atoms with Crippen molar-refractivity contribution in [3.05, 3.63) is 74.9 Å². The minimum atomic E-state index is -0.451. The van der Waals surface area contributed by atoms with E-state index in [-0.39, 0.29) is 12.4 Å². The average molecular weight is 517 g/mol. The number of carbonyl (C=O) groups excluding carboxylic acids is 1. The van der Waals surface area contributed by atoms with Crippen LogP contribution < -0.4 is 10.2 Å². The number of hydrogen-bond acceptors (Lipinski definition) is 5. The minimum absolute atomic E-state index is 0.0552. The molecule has 3 aromatic rings. The van der Waals surface area contributed by atoms with Crippen LogP contribution in [0.4, 0.5) is 0 Å². The highest BCUT2D eigenvalue weighted by Crippen LogP contribution is 2.31. The fraction of sp³-hybridized carbons (Fsp3) is 0.0952. The van der Waals surface area contributed by atoms with Crippen LogP contribution in [0.2, 0.25) is 0 Å². The van der Waals surface area contributed by atoms with Gasteiger partial charge in [-0.3, -0.25) is 4.79 Å². The number of allylic oxidation sites excluding steroid dienone is 1. The second-order valence-corrected chi connectivity index (χ2v) is 7.69. The van der Waals surface area contributed by atoms with E-state index in [0.29, 0.717) is 22.2 Å². The van der Waals surface area contributed by atoms with E-state index in [9.17, 15) is 4.79 Å². The highest BCUT2D eigenvalue weighted by molar-refractivity contribution is 9.10. The Morgan fingerprint density at radius 1 is 1.31 bits per heavy atom. The van der Waals surface area contributed by atoms with Crippen molar-refractivity contribution in [3.63, 3.8) is 0 Å². The topological polar surface area (TPSA) is 87.6 Å². The lowest BCUT2D eigenvalue weighted by Gasteiger charge is -2.11. The molecule has 0 spiro atoms. The van der Waals surface area contributed by atoms with Crippen LogP contribution in [0.25, 0.3) is 11.0 Å². The van der Waals surface area contributed by atoms with Gasteiger partial charge in [-0.05, 0) is 69.9 Å². The van der Waals surface area contributed by atoms with Gasteiger partial charge in [0.05, 0.1) is 10.7 Å². The molecule has 0 radical (unpaired) electrons. The zero-order valence-electron chi connectivity index (χ0n) is 15.1. The monoisotopic (exact) mass is 515 g/mol. The Labute approximate surface area is 184 Å². The number of ether oxygens (including phenoxy) is 1. The van der Waals surface area contributed by atoms with Gasteiger partial charge in [-0.25, -0.2) is 5.43 Å². The van der Waals surface area contributed by atoms with E-state index in [1.165, 1.54) is 6.21 Å². The first kappa shape index (κ1) is 20.8. The smallest absolute Gasteiger partial charge is 0.307 e. The van der Waals surface area contributed by atoms with Gasteiger partial charge in [0.25, 0.3) is 0 Å². The molecular weight excluding hydrogens is 502 g/mol. The molecule has 0 aliphatic heterocycles. The molecule has 6 nitrogen and oxygen atoms in total. The van der Waals surface area contributed by atoms with E-state index >= 15 is 0 Å². The van der Waals surface area contributed by atoms with E-state index < -0.39 is 5.91 Å². The van der Waals surface area contributed by atoms with Crippen LogP contribution in [-0.4, -0.2) is 18.7 Å². The van der Waals surface area contributed by atoms with Crippen molar-refractivity contribution in [1.82, 2.24) is 5.43 Å². The number of nitrogens with zero attached hydrogens (tertiary/aromatic N) is 2. The fourth-order valence-corrected chi connectivity index (χ4v) is 3.68. The molecule has 0 atom stereocenters. The molecule has 1 amide bonds. The molecule has 0 fully saturated rings. The summed E-state index contributed by atoms with van der Waals surface area (Å²) in [6.45, 7) is 3.68. The summed E-state index contributed by atoms with van der Waals surface area (Å²) in [5, 5.41) is 13.6. The zero-order chi connectivity index (χ0) is 20.8. The van der Waals surface area contributed by atoms with Crippen LogP contribution in [-0.2, 0) is 6.42 Å². The highest BCUT2D eigenvalue weighted by Gasteiger charge is 2.12. The van der Waals surface area contributed by atoms with Crippen LogP contribution in [0.5, 0.6) is 5.75 Å². The predicted octanol–water partition coefficient (Wildman–Crippen LogP) is 5.35. The van der Waals surface area contributed by atoms with Crippen molar-refractivity contribution in [1.29, 1.82) is 5.26 Å². The Balaban J connectivity index is 1.75. The molecule has 0 saturated carbocycles. The maximum atomic E-state index is 12.3. The van der Waals surface area contributed by atoms with Gasteiger partial charge in [-0.1, -0.05) is 22.0 Å². The van der Waals surface area contributed by atoms with Gasteiger partial charge in [0.15, 0.2) is 12.4 Å². The van der Waals surface area contributed by atoms with E-state index in [4.69, 9.17) is 14.4 Å². The molecule has 0 aliphatic rings. The summed E-state index contributed by atoms with van der Waals surface area (Å²) in [7, 11) is 0. The molecule has 1 aromatic heterocycles. The largest absolute Gasteiger partial charge is 0.477 e. The van der Waals surface area contributed by atoms with Crippen molar-refractivity contribution in [2.24, 2.45) is 5.10 Å². The summed E-state index contributed by atoms with van der Waals surface area (Å²) < 4.78 is 12.6. The molecule has 1 N–H and O–H groups in total. The van der Waals surface area contributed by atoms with Crippen LogP contribution >= 0.6 is 31.9 Å². The number of halogens is 2. The number of fused-ring (bicyclic) bond motifs is 1. The lowest BCUT2D eigenvalue weighted by molar-refractivity contribution is 0.0929. The van der Waals surface area contributed by atoms with Crippen LogP contribution in [0.15, 0.2) is 67.5 Å². The first-order valence-corrected chi connectivity index (χ1v) is 10.1. The molecule has 8 heteroatoms. The van der Waals surface area contributed by atoms with Crippen molar-refractivity contribution < 1.29 is 13.9 Å². The normalized spacial score (nSPS) is 10.8. The Kier molecular flexibility index (Phi) is 6.86. The molecule has 2 aromatic carbocycles. The number of rotatable bonds is 7. The van der Waals surface area contributed by atoms with Crippen molar-refractivity contribution in [3.8, 4) is 11.8 Å². The summed E-state index contributed by atoms with van der Waals surface area (Å²) in [4.78, 5) is 12.3. The number of carbonyl (C=O) groups is 1. The maximum absolute atomic E-state index is 12.3. The van der Waals surface area contributed by atoms with E-state index in [1.807, 2.05) is 24.3 Å². The van der Waals surface area contributed by atoms with Gasteiger partial charge in [-0.2, -0.15) is 10.4 Å². The molecule has 29 heavy (non-hydrogen) atoms. The third-order valence-electron chi connectivity index (χ3n) is 3.87. The Hall–Kier alpha value is -2.89. The molecule has 3 rings (SSSR count). The van der Waals surface area contributed by atoms with Gasteiger partial charge in [0.1, 0.15) is 17.4 Å². The Morgan fingerprint density at radius 3 is 2.90 bits per heavy atom. The van der Waals surface area contributed by atoms with Crippen molar-refractivity contribution in [2.45, 2.75) is 6.42 Å². The van der Waals surface area contributed by atoms with Crippen molar-refractivity contribution in [2.75, 3.05) is 6.61 Å². The summed E-state index contributed by atoms with van der Waals surface area (Å²) in [6, 6.07) is 12.7. The molecule has 146 valence electrons. The summed E-state index contributed by atoms with van der Waals surface area (Å²) in [5.74, 6) is 0.304. The van der Waals surface area contributed by atoms with Gasteiger partial charge < -0.3 is 9.15 Å². The SMILES string of the molecule is C=CCc1cc(/C=N/NC(=O)c2cc3cc(Br)ccc3o2)cc(Br)c1OCC#N. The molecule has 0 bridgehead atoms. The lowest BCUT2D eigenvalue weighted by atomic mass is 10.1. The van der Waals surface area contributed by atoms with Crippen LogP contribution in [0, 0.1) is 11.3 Å². The third kappa shape index (κ3) is 5.13. The van der Waals surface area contributed by atoms with Gasteiger partial charge in [0, 0.05) is 9.86 Å². The number of hydrogen-bond donors (Lipinski definition) is 1. The average Bonchev–Trinajstić information content (AvgIpc) is 3.11. The quantitative estimate of drug-likeness (QED) is 0.260. The second kappa shape index (κ2) is 9.54. The van der Waals surface area contributed by atoms with Gasteiger partial charge >= 0.3 is 5.91 Å². The standard InChI is InChI=1S/C21H15Br2N3O3/c1-2-3-14-8-13(9-17(23)20(14)28-7-6-24)12-25-26-21(27)19-11-15-10-16(22)4-5-18(15)29-19/h2,4-5,8-12H,1,3,7H2,(H,26,27)/b25-12+. The Morgan fingerprint density at radius 2 is 2.14 bits per heavy atom. The first-order chi connectivity index (χ1) is 14.0. The molecular formula is C21H15Br2N3O3. The minimum Gasteiger partial charge on any atom is -0.477 e. The Bertz CT molecular complexity index is 1150. The number of furan rings is 1. The summed E-state index contributed by atoms with van der Waals surface area (Å²) >= 11 is 6.83. The molecule has 0 saturated heterocycles. The highest BCUT2D eigenvalue weighted by atomic mass is 79.9. The van der Waals surface area contributed by atoms with Crippen molar-refractivity contribution >= 4 is 55.0 Å². The molecule has 1 heterocycles.